The Kier molecular flexibility index (Phi) is 8.09. The van der Waals surface area contributed by atoms with Crippen LogP contribution in [0.5, 0.6) is 0 Å². The lowest BCUT2D eigenvalue weighted by Gasteiger charge is -2.49. The molecule has 2 saturated carbocycles. The highest BCUT2D eigenvalue weighted by atomic mass is 16.1. The Hall–Kier alpha value is -1.61. The molecule has 4 aliphatic rings. The van der Waals surface area contributed by atoms with Gasteiger partial charge in [0.25, 0.3) is 0 Å². The van der Waals surface area contributed by atoms with Gasteiger partial charge in [0.2, 0.25) is 0 Å². The summed E-state index contributed by atoms with van der Waals surface area (Å²) in [7, 11) is 0. The Bertz CT molecular complexity index is 810. The van der Waals surface area contributed by atoms with E-state index in [4.69, 9.17) is 0 Å². The zero-order valence-electron chi connectivity index (χ0n) is 21.2. The van der Waals surface area contributed by atoms with Gasteiger partial charge in [-0.2, -0.15) is 0 Å². The van der Waals surface area contributed by atoms with Gasteiger partial charge >= 0.3 is 0 Å². The molecule has 0 radical (unpaired) electrons. The molecule has 4 unspecified atom stereocenters. The number of nitrogens with one attached hydrogen (secondary N) is 1. The summed E-state index contributed by atoms with van der Waals surface area (Å²) in [4.78, 5) is 14.8. The number of nitrogens with zero attached hydrogens (tertiary/aromatic N) is 1. The van der Waals surface area contributed by atoms with Crippen molar-refractivity contribution in [3.05, 3.63) is 48.2 Å². The summed E-state index contributed by atoms with van der Waals surface area (Å²) in [6.07, 6.45) is 24.1. The van der Waals surface area contributed by atoms with Crippen molar-refractivity contribution >= 4 is 5.78 Å². The van der Waals surface area contributed by atoms with Gasteiger partial charge in [-0.3, -0.25) is 4.79 Å². The van der Waals surface area contributed by atoms with E-state index in [9.17, 15) is 4.79 Å². The first-order chi connectivity index (χ1) is 16.8. The van der Waals surface area contributed by atoms with Gasteiger partial charge in [0.15, 0.2) is 5.78 Å². The van der Waals surface area contributed by atoms with Crippen LogP contribution in [0, 0.1) is 17.3 Å². The fourth-order valence-corrected chi connectivity index (χ4v) is 8.20. The van der Waals surface area contributed by atoms with Crippen LogP contribution in [0.2, 0.25) is 0 Å². The molecule has 1 saturated heterocycles. The molecule has 2 aliphatic heterocycles. The molecule has 3 fully saturated rings. The lowest BCUT2D eigenvalue weighted by atomic mass is 9.56. The molecule has 1 N–H and O–H groups in total. The number of carbonyl (C=O) groups excluding carboxylic acids is 1. The maximum absolute atomic E-state index is 12.3. The van der Waals surface area contributed by atoms with Gasteiger partial charge in [0.1, 0.15) is 0 Å². The van der Waals surface area contributed by atoms with E-state index >= 15 is 0 Å². The molecule has 0 aromatic heterocycles. The van der Waals surface area contributed by atoms with Crippen LogP contribution in [0.15, 0.2) is 42.6 Å². The van der Waals surface area contributed by atoms with Crippen LogP contribution in [0.3, 0.4) is 0 Å². The van der Waals surface area contributed by atoms with Gasteiger partial charge in [0, 0.05) is 31.2 Å². The molecule has 0 amide bonds. The normalized spacial score (nSPS) is 33.2. The van der Waals surface area contributed by atoms with Crippen molar-refractivity contribution in [1.82, 2.24) is 10.2 Å². The summed E-state index contributed by atoms with van der Waals surface area (Å²) in [5, 5.41) is 4.05. The van der Waals surface area contributed by atoms with Crippen molar-refractivity contribution in [3.63, 3.8) is 0 Å². The average molecular weight is 463 g/mol. The number of allylic oxidation sites excluding steroid dienone is 1. The topological polar surface area (TPSA) is 32.3 Å². The second-order valence-corrected chi connectivity index (χ2v) is 11.8. The van der Waals surface area contributed by atoms with Crippen LogP contribution in [-0.2, 0) is 11.2 Å². The van der Waals surface area contributed by atoms with Crippen LogP contribution in [0.1, 0.15) is 95.5 Å². The Morgan fingerprint density at radius 1 is 0.912 bits per heavy atom. The third-order valence-electron chi connectivity index (χ3n) is 9.89. The molecule has 3 nitrogen and oxygen atoms in total. The largest absolute Gasteiger partial charge is 0.373 e. The number of ketones is 1. The van der Waals surface area contributed by atoms with Crippen LogP contribution in [-0.4, -0.2) is 35.9 Å². The first-order valence-corrected chi connectivity index (χ1v) is 14.5. The number of hydrogen-bond donors (Lipinski definition) is 1. The SMILES string of the molecule is O=C1C=CN(CCC2CNC3CCCCC23C2CCCCCCCC2)C(Cc2ccccc2)C1. The van der Waals surface area contributed by atoms with E-state index in [-0.39, 0.29) is 5.78 Å². The summed E-state index contributed by atoms with van der Waals surface area (Å²) < 4.78 is 0. The predicted molar refractivity (Wildman–Crippen MR) is 141 cm³/mol. The molecule has 3 heteroatoms. The summed E-state index contributed by atoms with van der Waals surface area (Å²) in [5.74, 6) is 1.98. The second kappa shape index (κ2) is 11.4. The lowest BCUT2D eigenvalue weighted by Crippen LogP contribution is -2.48. The highest BCUT2D eigenvalue weighted by Gasteiger charge is 2.54. The van der Waals surface area contributed by atoms with E-state index in [2.05, 4.69) is 46.7 Å². The Balaban J connectivity index is 1.30. The van der Waals surface area contributed by atoms with E-state index in [0.29, 0.717) is 17.9 Å². The summed E-state index contributed by atoms with van der Waals surface area (Å²) >= 11 is 0. The minimum atomic E-state index is 0.286. The molecule has 0 bridgehead atoms. The molecule has 2 heterocycles. The molecule has 34 heavy (non-hydrogen) atoms. The molecular formula is C31H46N2O. The first kappa shape index (κ1) is 24.1. The number of carbonyl (C=O) groups is 1. The van der Waals surface area contributed by atoms with E-state index in [1.807, 2.05) is 6.08 Å². The highest BCUT2D eigenvalue weighted by molar-refractivity contribution is 5.90. The lowest BCUT2D eigenvalue weighted by molar-refractivity contribution is -0.116. The molecule has 0 spiro atoms. The maximum atomic E-state index is 12.3. The van der Waals surface area contributed by atoms with E-state index in [1.54, 1.807) is 0 Å². The Morgan fingerprint density at radius 3 is 2.44 bits per heavy atom. The van der Waals surface area contributed by atoms with Crippen molar-refractivity contribution in [2.75, 3.05) is 13.1 Å². The Labute approximate surface area is 207 Å². The maximum Gasteiger partial charge on any atom is 0.159 e. The van der Waals surface area contributed by atoms with Crippen molar-refractivity contribution in [2.45, 2.75) is 108 Å². The third kappa shape index (κ3) is 5.30. The van der Waals surface area contributed by atoms with E-state index in [1.165, 1.54) is 95.6 Å². The second-order valence-electron chi connectivity index (χ2n) is 11.8. The van der Waals surface area contributed by atoms with Crippen molar-refractivity contribution in [2.24, 2.45) is 17.3 Å². The monoisotopic (exact) mass is 462 g/mol. The van der Waals surface area contributed by atoms with Crippen LogP contribution >= 0.6 is 0 Å². The number of rotatable bonds is 6. The standard InChI is InChI=1S/C31H46N2O/c34-29-18-21-33(28(23-29)22-25-12-6-5-7-13-25)20-17-27-24-32-30-16-10-11-19-31(27,30)26-14-8-3-1-2-4-9-15-26/h5-7,12-13,18,21,26-28,30,32H,1-4,8-11,14-17,19-20,22-24H2. The molecular weight excluding hydrogens is 416 g/mol. The van der Waals surface area contributed by atoms with Crippen LogP contribution in [0.4, 0.5) is 0 Å². The minimum Gasteiger partial charge on any atom is -0.373 e. The van der Waals surface area contributed by atoms with Gasteiger partial charge in [-0.05, 0) is 74.0 Å². The van der Waals surface area contributed by atoms with Gasteiger partial charge in [-0.1, -0.05) is 81.7 Å². The van der Waals surface area contributed by atoms with Gasteiger partial charge in [0.05, 0.1) is 0 Å². The van der Waals surface area contributed by atoms with Crippen molar-refractivity contribution in [3.8, 4) is 0 Å². The van der Waals surface area contributed by atoms with Gasteiger partial charge in [-0.25, -0.2) is 0 Å². The fraction of sp³-hybridized carbons (Fsp3) is 0.710. The molecule has 5 rings (SSSR count). The zero-order valence-corrected chi connectivity index (χ0v) is 21.2. The number of benzene rings is 1. The average Bonchev–Trinajstić information content (AvgIpc) is 3.29. The third-order valence-corrected chi connectivity index (χ3v) is 9.89. The number of hydrogen-bond acceptors (Lipinski definition) is 3. The fourth-order valence-electron chi connectivity index (χ4n) is 8.20. The van der Waals surface area contributed by atoms with E-state index < -0.39 is 0 Å². The summed E-state index contributed by atoms with van der Waals surface area (Å²) in [6, 6.07) is 11.8. The van der Waals surface area contributed by atoms with Crippen molar-refractivity contribution in [1.29, 1.82) is 0 Å². The molecule has 4 atom stereocenters. The van der Waals surface area contributed by atoms with Gasteiger partial charge in [-0.15, -0.1) is 0 Å². The minimum absolute atomic E-state index is 0.286. The molecule has 186 valence electrons. The summed E-state index contributed by atoms with van der Waals surface area (Å²) in [6.45, 7) is 2.30. The zero-order chi connectivity index (χ0) is 23.2. The number of fused-ring (bicyclic) bond motifs is 1. The van der Waals surface area contributed by atoms with Crippen LogP contribution in [0.25, 0.3) is 0 Å². The van der Waals surface area contributed by atoms with Crippen molar-refractivity contribution < 1.29 is 4.79 Å². The predicted octanol–water partition coefficient (Wildman–Crippen LogP) is 6.68. The highest BCUT2D eigenvalue weighted by Crippen LogP contribution is 2.55. The van der Waals surface area contributed by atoms with Gasteiger partial charge < -0.3 is 10.2 Å². The molecule has 2 aliphatic carbocycles. The van der Waals surface area contributed by atoms with Crippen LogP contribution < -0.4 is 5.32 Å². The quantitative estimate of drug-likeness (QED) is 0.512. The smallest absolute Gasteiger partial charge is 0.159 e. The first-order valence-electron chi connectivity index (χ1n) is 14.5. The molecule has 1 aromatic carbocycles. The molecule has 1 aromatic rings. The van der Waals surface area contributed by atoms with E-state index in [0.717, 1.165) is 30.8 Å². The summed E-state index contributed by atoms with van der Waals surface area (Å²) in [5.41, 5.74) is 1.87. The Morgan fingerprint density at radius 2 is 1.65 bits per heavy atom.